The van der Waals surface area contributed by atoms with E-state index in [0.29, 0.717) is 54.6 Å². The molecular weight excluding hydrogens is 833 g/mol. The summed E-state index contributed by atoms with van der Waals surface area (Å²) < 4.78 is 12.7. The van der Waals surface area contributed by atoms with Crippen molar-refractivity contribution in [1.29, 1.82) is 0 Å². The zero-order chi connectivity index (χ0) is 47.3. The van der Waals surface area contributed by atoms with Crippen molar-refractivity contribution < 1.29 is 33.8 Å². The number of rotatable bonds is 18. The molecule has 7 aliphatic carbocycles. The minimum Gasteiger partial charge on any atom is -0.446 e. The first-order valence-corrected chi connectivity index (χ1v) is 27.0. The summed E-state index contributed by atoms with van der Waals surface area (Å²) in [5, 5.41) is 22.9. The largest absolute Gasteiger partial charge is 0.446 e. The summed E-state index contributed by atoms with van der Waals surface area (Å²) in [6, 6.07) is -0.259. The van der Waals surface area contributed by atoms with Crippen molar-refractivity contribution in [3.05, 3.63) is 0 Å². The van der Waals surface area contributed by atoms with Gasteiger partial charge in [-0.3, -0.25) is 14.4 Å². The SMILES string of the molecule is COC1C(CN2O[C@@H](CO)[C@@H]([C@H](C)OC(=O)NCC3CCCCC3)[C@H]2C(=O)N[C@H]2C[C@H]3C[C@@H]([C@@H]2C)C3(C)C)CCCC1C1CC(C(=O)N[C@@H](CC2CCCCC2)CN(C)C)CC(N(C)C)C1. The van der Waals surface area contributed by atoms with E-state index in [2.05, 4.69) is 74.7 Å². The minimum atomic E-state index is -0.760. The van der Waals surface area contributed by atoms with Gasteiger partial charge in [0.1, 0.15) is 18.2 Å². The number of likely N-dealkylation sites (N-methyl/N-ethyl adjacent to an activating group) is 1. The molecule has 15 atom stereocenters. The summed E-state index contributed by atoms with van der Waals surface area (Å²) >= 11 is 0. The van der Waals surface area contributed by atoms with E-state index in [1.54, 1.807) is 0 Å². The van der Waals surface area contributed by atoms with Crippen LogP contribution in [0.1, 0.15) is 150 Å². The van der Waals surface area contributed by atoms with Gasteiger partial charge in [0.2, 0.25) is 11.8 Å². The van der Waals surface area contributed by atoms with Crippen LogP contribution in [0.5, 0.6) is 0 Å². The second-order valence-corrected chi connectivity index (χ2v) is 24.1. The second-order valence-electron chi connectivity index (χ2n) is 24.1. The normalized spacial score (nSPS) is 37.5. The standard InChI is InChI=1S/C53H94N6O7/c1-33-44-27-40(53(44,3)4)28-45(33)56-51(62)48-47(34(2)65-52(63)54-29-36-19-14-11-15-20-36)46(32-60)66-59(48)30-37-21-16-22-43(49(37)64-9)38-24-39(26-42(25-38)58(7)8)50(61)55-41(31-57(5)6)23-35-17-12-10-13-18-35/h33-49,60H,10-32H2,1-9H3,(H,54,63)(H,55,61)(H,56,62)/t33-,34-,37?,38?,39?,40+,41-,42?,43?,44-,45-,46-,47+,48-,49?/m0/s1. The van der Waals surface area contributed by atoms with Crippen LogP contribution in [0.4, 0.5) is 4.79 Å². The second kappa shape index (κ2) is 23.3. The molecule has 0 aromatic carbocycles. The highest BCUT2D eigenvalue weighted by molar-refractivity contribution is 5.83. The van der Waals surface area contributed by atoms with Gasteiger partial charge in [-0.05, 0) is 146 Å². The van der Waals surface area contributed by atoms with E-state index in [4.69, 9.17) is 14.3 Å². The van der Waals surface area contributed by atoms with Crippen molar-refractivity contribution in [3.8, 4) is 0 Å². The summed E-state index contributed by atoms with van der Waals surface area (Å²) in [5.41, 5.74) is 0.283. The lowest BCUT2D eigenvalue weighted by Crippen LogP contribution is -2.62. The van der Waals surface area contributed by atoms with Crippen LogP contribution in [-0.4, -0.2) is 142 Å². The van der Waals surface area contributed by atoms with Crippen LogP contribution in [0.25, 0.3) is 0 Å². The monoisotopic (exact) mass is 927 g/mol. The number of nitrogens with one attached hydrogen (secondary N) is 3. The first-order chi connectivity index (χ1) is 31.6. The summed E-state index contributed by atoms with van der Waals surface area (Å²) in [5.74, 6) is 2.71. The molecule has 7 saturated carbocycles. The fourth-order valence-electron chi connectivity index (χ4n) is 15.1. The third-order valence-corrected chi connectivity index (χ3v) is 19.0. The molecule has 0 aromatic heterocycles. The van der Waals surface area contributed by atoms with E-state index in [-0.39, 0.29) is 59.8 Å². The third kappa shape index (κ3) is 12.3. The number of aliphatic hydroxyl groups is 1. The summed E-state index contributed by atoms with van der Waals surface area (Å²) in [6.07, 6.45) is 19.3. The van der Waals surface area contributed by atoms with Crippen molar-refractivity contribution in [2.75, 3.05) is 61.5 Å². The molecule has 8 rings (SSSR count). The first-order valence-electron chi connectivity index (χ1n) is 27.0. The number of hydroxylamine groups is 2. The maximum absolute atomic E-state index is 15.0. The van der Waals surface area contributed by atoms with Crippen LogP contribution in [-0.2, 0) is 23.9 Å². The molecule has 8 fully saturated rings. The Labute approximate surface area is 399 Å². The predicted molar refractivity (Wildman–Crippen MR) is 259 cm³/mol. The molecule has 3 amide bonds. The molecule has 1 heterocycles. The molecule has 0 spiro atoms. The molecule has 6 unspecified atom stereocenters. The number of alkyl carbamates (subject to hydrolysis) is 1. The average Bonchev–Trinajstić information content (AvgIpc) is 3.67. The van der Waals surface area contributed by atoms with Gasteiger partial charge in [-0.2, -0.15) is 5.06 Å². The Morgan fingerprint density at radius 1 is 0.864 bits per heavy atom. The van der Waals surface area contributed by atoms with E-state index in [0.717, 1.165) is 70.8 Å². The Bertz CT molecular complexity index is 1570. The number of methoxy groups -OCH3 is 1. The molecule has 4 N–H and O–H groups in total. The quantitative estimate of drug-likeness (QED) is 0.111. The molecule has 1 aliphatic heterocycles. The van der Waals surface area contributed by atoms with E-state index in [9.17, 15) is 19.5 Å². The van der Waals surface area contributed by atoms with Crippen molar-refractivity contribution in [2.45, 2.75) is 192 Å². The number of aliphatic hydroxyl groups excluding tert-OH is 1. The molecule has 0 radical (unpaired) electrons. The number of hydrogen-bond acceptors (Lipinski definition) is 10. The van der Waals surface area contributed by atoms with Crippen LogP contribution >= 0.6 is 0 Å². The molecular formula is C53H94N6O7. The molecule has 13 nitrogen and oxygen atoms in total. The first kappa shape index (κ1) is 51.8. The van der Waals surface area contributed by atoms with Gasteiger partial charge in [0.05, 0.1) is 18.6 Å². The Hall–Kier alpha value is -2.03. The van der Waals surface area contributed by atoms with Crippen LogP contribution < -0.4 is 16.0 Å². The smallest absolute Gasteiger partial charge is 0.407 e. The number of carbonyl (C=O) groups is 3. The Balaban J connectivity index is 1.07. The van der Waals surface area contributed by atoms with E-state index < -0.39 is 30.3 Å². The summed E-state index contributed by atoms with van der Waals surface area (Å²) in [6.45, 7) is 10.5. The fourth-order valence-corrected chi connectivity index (χ4v) is 15.1. The molecule has 0 aromatic rings. The lowest BCUT2D eigenvalue weighted by molar-refractivity contribution is -0.193. The molecule has 66 heavy (non-hydrogen) atoms. The van der Waals surface area contributed by atoms with Crippen LogP contribution in [0, 0.1) is 64.6 Å². The summed E-state index contributed by atoms with van der Waals surface area (Å²) in [4.78, 5) is 53.9. The summed E-state index contributed by atoms with van der Waals surface area (Å²) in [7, 11) is 10.4. The highest BCUT2D eigenvalue weighted by Crippen LogP contribution is 2.61. The van der Waals surface area contributed by atoms with E-state index in [1.807, 2.05) is 19.1 Å². The number of nitrogens with zero attached hydrogens (tertiary/aromatic N) is 3. The van der Waals surface area contributed by atoms with Gasteiger partial charge in [0, 0.05) is 56.7 Å². The number of carbonyl (C=O) groups excluding carboxylic acids is 3. The fraction of sp³-hybridized carbons (Fsp3) is 0.943. The van der Waals surface area contributed by atoms with E-state index in [1.165, 1.54) is 57.8 Å². The minimum absolute atomic E-state index is 0.0530. The average molecular weight is 927 g/mol. The van der Waals surface area contributed by atoms with E-state index >= 15 is 0 Å². The van der Waals surface area contributed by atoms with Crippen molar-refractivity contribution in [3.63, 3.8) is 0 Å². The molecule has 2 bridgehead atoms. The van der Waals surface area contributed by atoms with Crippen LogP contribution in [0.3, 0.4) is 0 Å². The van der Waals surface area contributed by atoms with Crippen molar-refractivity contribution in [1.82, 2.24) is 30.8 Å². The van der Waals surface area contributed by atoms with Crippen LogP contribution in [0.2, 0.25) is 0 Å². The molecule has 378 valence electrons. The number of hydrogen-bond donors (Lipinski definition) is 4. The molecule has 13 heteroatoms. The highest BCUT2D eigenvalue weighted by Gasteiger charge is 2.58. The zero-order valence-electron chi connectivity index (χ0n) is 42.8. The number of amides is 3. The molecule has 8 aliphatic rings. The van der Waals surface area contributed by atoms with Gasteiger partial charge in [0.25, 0.3) is 0 Å². The number of ether oxygens (including phenoxy) is 2. The van der Waals surface area contributed by atoms with Crippen LogP contribution in [0.15, 0.2) is 0 Å². The zero-order valence-corrected chi connectivity index (χ0v) is 42.8. The Morgan fingerprint density at radius 2 is 1.56 bits per heavy atom. The molecule has 1 saturated heterocycles. The van der Waals surface area contributed by atoms with Gasteiger partial charge in [-0.25, -0.2) is 4.79 Å². The Kier molecular flexibility index (Phi) is 18.3. The lowest BCUT2D eigenvalue weighted by atomic mass is 9.45. The predicted octanol–water partition coefficient (Wildman–Crippen LogP) is 7.26. The maximum atomic E-state index is 15.0. The highest BCUT2D eigenvalue weighted by atomic mass is 16.7. The Morgan fingerprint density at radius 3 is 2.18 bits per heavy atom. The lowest BCUT2D eigenvalue weighted by Gasteiger charge is -2.62. The van der Waals surface area contributed by atoms with Gasteiger partial charge in [0.15, 0.2) is 0 Å². The van der Waals surface area contributed by atoms with Gasteiger partial charge in [-0.1, -0.05) is 78.6 Å². The third-order valence-electron chi connectivity index (χ3n) is 19.0. The maximum Gasteiger partial charge on any atom is 0.407 e. The van der Waals surface area contributed by atoms with Gasteiger partial charge in [-0.15, -0.1) is 0 Å². The topological polar surface area (TPSA) is 145 Å². The van der Waals surface area contributed by atoms with Crippen molar-refractivity contribution in [2.24, 2.45) is 64.6 Å². The van der Waals surface area contributed by atoms with Crippen molar-refractivity contribution >= 4 is 17.9 Å². The number of fused-ring (bicyclic) bond motifs is 2. The van der Waals surface area contributed by atoms with Gasteiger partial charge >= 0.3 is 6.09 Å². The van der Waals surface area contributed by atoms with Gasteiger partial charge < -0.3 is 40.3 Å².